The standard InChI is InChI=1S/C10H22N2.CH4/c1-8(2)12-6-4-10(5-7-12)9(3)11;/h8-10H,4-7,11H2,1-3H3;1H4. The van der Waals surface area contributed by atoms with E-state index in [1.807, 2.05) is 0 Å². The summed E-state index contributed by atoms with van der Waals surface area (Å²) in [5.74, 6) is 0.764. The summed E-state index contributed by atoms with van der Waals surface area (Å²) in [4.78, 5) is 2.54. The van der Waals surface area contributed by atoms with Crippen molar-refractivity contribution in [2.45, 2.75) is 53.1 Å². The highest BCUT2D eigenvalue weighted by Gasteiger charge is 2.22. The van der Waals surface area contributed by atoms with Crippen molar-refractivity contribution in [2.75, 3.05) is 13.1 Å². The van der Waals surface area contributed by atoms with Crippen LogP contribution < -0.4 is 5.73 Å². The zero-order valence-electron chi connectivity index (χ0n) is 8.59. The smallest absolute Gasteiger partial charge is 0.00397 e. The van der Waals surface area contributed by atoms with Crippen molar-refractivity contribution >= 4 is 0 Å². The number of rotatable bonds is 2. The monoisotopic (exact) mass is 186 g/mol. The van der Waals surface area contributed by atoms with Crippen molar-refractivity contribution in [3.05, 3.63) is 0 Å². The fourth-order valence-electron chi connectivity index (χ4n) is 1.96. The summed E-state index contributed by atoms with van der Waals surface area (Å²) in [5.41, 5.74) is 5.87. The van der Waals surface area contributed by atoms with E-state index in [1.54, 1.807) is 0 Å². The maximum Gasteiger partial charge on any atom is 0.00397 e. The molecule has 0 bridgehead atoms. The first-order chi connectivity index (χ1) is 5.61. The lowest BCUT2D eigenvalue weighted by Crippen LogP contribution is -2.42. The summed E-state index contributed by atoms with van der Waals surface area (Å²) in [6.07, 6.45) is 2.58. The fourth-order valence-corrected chi connectivity index (χ4v) is 1.96. The highest BCUT2D eigenvalue weighted by atomic mass is 15.1. The molecule has 1 atom stereocenters. The third kappa shape index (κ3) is 3.65. The van der Waals surface area contributed by atoms with Gasteiger partial charge in [0.2, 0.25) is 0 Å². The van der Waals surface area contributed by atoms with E-state index < -0.39 is 0 Å². The minimum atomic E-state index is 0. The lowest BCUT2D eigenvalue weighted by molar-refractivity contribution is 0.140. The van der Waals surface area contributed by atoms with Crippen LogP contribution in [0.3, 0.4) is 0 Å². The van der Waals surface area contributed by atoms with E-state index >= 15 is 0 Å². The molecule has 1 heterocycles. The maximum absolute atomic E-state index is 5.87. The second-order valence-electron chi connectivity index (χ2n) is 4.33. The average Bonchev–Trinajstić information content (AvgIpc) is 2.04. The molecular weight excluding hydrogens is 160 g/mol. The number of hydrogen-bond acceptors (Lipinski definition) is 2. The van der Waals surface area contributed by atoms with Crippen LogP contribution in [0.2, 0.25) is 0 Å². The Kier molecular flexibility index (Phi) is 5.57. The normalized spacial score (nSPS) is 22.8. The first-order valence-electron chi connectivity index (χ1n) is 5.11. The zero-order chi connectivity index (χ0) is 9.14. The lowest BCUT2D eigenvalue weighted by Gasteiger charge is -2.36. The summed E-state index contributed by atoms with van der Waals surface area (Å²) in [7, 11) is 0. The molecule has 0 aromatic heterocycles. The molecule has 0 aromatic rings. The molecule has 0 saturated carbocycles. The van der Waals surface area contributed by atoms with Crippen molar-refractivity contribution in [1.29, 1.82) is 0 Å². The molecule has 0 amide bonds. The van der Waals surface area contributed by atoms with Crippen LogP contribution >= 0.6 is 0 Å². The molecule has 1 fully saturated rings. The quantitative estimate of drug-likeness (QED) is 0.715. The van der Waals surface area contributed by atoms with Gasteiger partial charge in [-0.1, -0.05) is 7.43 Å². The summed E-state index contributed by atoms with van der Waals surface area (Å²) in [6, 6.07) is 1.10. The predicted octanol–water partition coefficient (Wildman–Crippen LogP) is 2.09. The van der Waals surface area contributed by atoms with Gasteiger partial charge in [-0.2, -0.15) is 0 Å². The number of nitrogens with two attached hydrogens (primary N) is 1. The van der Waals surface area contributed by atoms with E-state index in [4.69, 9.17) is 5.73 Å². The Bertz CT molecular complexity index is 108. The lowest BCUT2D eigenvalue weighted by atomic mass is 9.90. The van der Waals surface area contributed by atoms with E-state index in [0.29, 0.717) is 12.1 Å². The van der Waals surface area contributed by atoms with Gasteiger partial charge in [0.15, 0.2) is 0 Å². The Hall–Kier alpha value is -0.0800. The Labute approximate surface area is 83.5 Å². The van der Waals surface area contributed by atoms with E-state index in [2.05, 4.69) is 25.7 Å². The van der Waals surface area contributed by atoms with Gasteiger partial charge in [0.1, 0.15) is 0 Å². The Morgan fingerprint density at radius 1 is 1.15 bits per heavy atom. The van der Waals surface area contributed by atoms with Crippen molar-refractivity contribution in [1.82, 2.24) is 4.90 Å². The molecular formula is C11H26N2. The van der Waals surface area contributed by atoms with Gasteiger partial charge in [0.25, 0.3) is 0 Å². The Morgan fingerprint density at radius 3 is 1.92 bits per heavy atom. The van der Waals surface area contributed by atoms with E-state index in [9.17, 15) is 0 Å². The predicted molar refractivity (Wildman–Crippen MR) is 59.8 cm³/mol. The van der Waals surface area contributed by atoms with Crippen LogP contribution in [0.5, 0.6) is 0 Å². The molecule has 0 aromatic carbocycles. The van der Waals surface area contributed by atoms with Crippen LogP contribution in [-0.4, -0.2) is 30.1 Å². The largest absolute Gasteiger partial charge is 0.328 e. The van der Waals surface area contributed by atoms with Gasteiger partial charge >= 0.3 is 0 Å². The van der Waals surface area contributed by atoms with Crippen LogP contribution in [-0.2, 0) is 0 Å². The van der Waals surface area contributed by atoms with Crippen molar-refractivity contribution in [3.63, 3.8) is 0 Å². The highest BCUT2D eigenvalue weighted by molar-refractivity contribution is 4.78. The van der Waals surface area contributed by atoms with Gasteiger partial charge in [-0.05, 0) is 52.6 Å². The zero-order valence-corrected chi connectivity index (χ0v) is 8.59. The molecule has 0 aliphatic carbocycles. The van der Waals surface area contributed by atoms with E-state index in [0.717, 1.165) is 5.92 Å². The average molecular weight is 186 g/mol. The Balaban J connectivity index is 0.00000144. The van der Waals surface area contributed by atoms with Gasteiger partial charge < -0.3 is 10.6 Å². The van der Waals surface area contributed by atoms with E-state index in [1.165, 1.54) is 25.9 Å². The first-order valence-corrected chi connectivity index (χ1v) is 5.11. The van der Waals surface area contributed by atoms with Gasteiger partial charge in [-0.25, -0.2) is 0 Å². The van der Waals surface area contributed by atoms with Crippen LogP contribution in [0, 0.1) is 5.92 Å². The molecule has 80 valence electrons. The fraction of sp³-hybridized carbons (Fsp3) is 1.00. The Morgan fingerprint density at radius 2 is 1.62 bits per heavy atom. The SMILES string of the molecule is C.CC(N)C1CCN(C(C)C)CC1. The highest BCUT2D eigenvalue weighted by Crippen LogP contribution is 2.20. The van der Waals surface area contributed by atoms with Crippen LogP contribution in [0.4, 0.5) is 0 Å². The number of piperidine rings is 1. The first kappa shape index (κ1) is 12.9. The van der Waals surface area contributed by atoms with Crippen LogP contribution in [0.1, 0.15) is 41.0 Å². The van der Waals surface area contributed by atoms with Gasteiger partial charge in [0.05, 0.1) is 0 Å². The third-order valence-corrected chi connectivity index (χ3v) is 3.05. The van der Waals surface area contributed by atoms with Crippen molar-refractivity contribution < 1.29 is 0 Å². The molecule has 0 spiro atoms. The van der Waals surface area contributed by atoms with Crippen LogP contribution in [0.25, 0.3) is 0 Å². The second-order valence-corrected chi connectivity index (χ2v) is 4.33. The molecule has 1 saturated heterocycles. The van der Waals surface area contributed by atoms with Gasteiger partial charge in [0, 0.05) is 12.1 Å². The topological polar surface area (TPSA) is 29.3 Å². The van der Waals surface area contributed by atoms with Gasteiger partial charge in [-0.15, -0.1) is 0 Å². The molecule has 1 aliphatic heterocycles. The number of likely N-dealkylation sites (tertiary alicyclic amines) is 1. The molecule has 1 unspecified atom stereocenters. The molecule has 1 aliphatic rings. The minimum Gasteiger partial charge on any atom is -0.328 e. The maximum atomic E-state index is 5.87. The third-order valence-electron chi connectivity index (χ3n) is 3.05. The summed E-state index contributed by atoms with van der Waals surface area (Å²) < 4.78 is 0. The summed E-state index contributed by atoms with van der Waals surface area (Å²) in [5, 5.41) is 0. The minimum absolute atomic E-state index is 0. The summed E-state index contributed by atoms with van der Waals surface area (Å²) >= 11 is 0. The van der Waals surface area contributed by atoms with Crippen molar-refractivity contribution in [2.24, 2.45) is 11.7 Å². The van der Waals surface area contributed by atoms with Crippen molar-refractivity contribution in [3.8, 4) is 0 Å². The van der Waals surface area contributed by atoms with Gasteiger partial charge in [-0.3, -0.25) is 0 Å². The molecule has 2 nitrogen and oxygen atoms in total. The van der Waals surface area contributed by atoms with Crippen LogP contribution in [0.15, 0.2) is 0 Å². The number of hydrogen-bond donors (Lipinski definition) is 1. The molecule has 13 heavy (non-hydrogen) atoms. The molecule has 1 rings (SSSR count). The number of nitrogens with zero attached hydrogens (tertiary/aromatic N) is 1. The molecule has 2 heteroatoms. The summed E-state index contributed by atoms with van der Waals surface area (Å²) in [6.45, 7) is 9.15. The molecule has 2 N–H and O–H groups in total. The van der Waals surface area contributed by atoms with E-state index in [-0.39, 0.29) is 7.43 Å². The second kappa shape index (κ2) is 5.61. The molecule has 0 radical (unpaired) electrons.